The van der Waals surface area contributed by atoms with Crippen LogP contribution >= 0.6 is 0 Å². The number of benzene rings is 2. The van der Waals surface area contributed by atoms with Gasteiger partial charge in [0.05, 0.1) is 30.6 Å². The van der Waals surface area contributed by atoms with Crippen molar-refractivity contribution in [3.63, 3.8) is 0 Å². The Kier molecular flexibility index (Phi) is 8.48. The zero-order valence-electron chi connectivity index (χ0n) is 20.0. The monoisotopic (exact) mass is 519 g/mol. The molecule has 0 saturated heterocycles. The molecule has 2 aromatic carbocycles. The number of nitrogens with zero attached hydrogens (tertiary/aromatic N) is 2. The van der Waals surface area contributed by atoms with E-state index in [0.29, 0.717) is 23.7 Å². The summed E-state index contributed by atoms with van der Waals surface area (Å²) in [6, 6.07) is 7.06. The van der Waals surface area contributed by atoms with Gasteiger partial charge in [0.15, 0.2) is 29.1 Å². The zero-order valence-corrected chi connectivity index (χ0v) is 20.0. The fraction of sp³-hybridized carbons (Fsp3) is 0.370. The van der Waals surface area contributed by atoms with Gasteiger partial charge in [0.2, 0.25) is 11.7 Å². The number of aryl methyl sites for hydroxylation is 1. The van der Waals surface area contributed by atoms with Crippen LogP contribution in [0.15, 0.2) is 30.5 Å². The molecule has 1 saturated carbocycles. The number of hydrogen-bond acceptors (Lipinski definition) is 4. The molecule has 0 bridgehead atoms. The average molecular weight is 520 g/mol. The fourth-order valence-electron chi connectivity index (χ4n) is 4.59. The molecule has 4 rings (SSSR count). The highest BCUT2D eigenvalue weighted by Gasteiger charge is 2.27. The van der Waals surface area contributed by atoms with Gasteiger partial charge >= 0.3 is 0 Å². The number of aliphatic hydroxyl groups is 1. The summed E-state index contributed by atoms with van der Waals surface area (Å²) in [7, 11) is 0. The standard InChI is InChI=1S/C27H26F5N3O2/c28-22-18(23(29)25(31)26(32)24(22)30)12-21(37)35-27-19(11-8-15-4-2-1-3-5-15)34-20(13-33-27)17-9-6-16(14-36)7-10-17/h6-7,9-10,13,15,36H,1-5,8,11-12,14H2,(H,33,35,37). The van der Waals surface area contributed by atoms with Gasteiger partial charge in [0.1, 0.15) is 0 Å². The van der Waals surface area contributed by atoms with Crippen molar-refractivity contribution in [3.05, 3.63) is 76.4 Å². The molecule has 0 atom stereocenters. The Hall–Kier alpha value is -3.40. The van der Waals surface area contributed by atoms with E-state index in [1.54, 1.807) is 24.3 Å². The molecule has 0 aliphatic heterocycles. The second-order valence-electron chi connectivity index (χ2n) is 9.22. The Morgan fingerprint density at radius 3 is 2.16 bits per heavy atom. The Bertz CT molecular complexity index is 1250. The highest BCUT2D eigenvalue weighted by molar-refractivity contribution is 5.92. The summed E-state index contributed by atoms with van der Waals surface area (Å²) in [6.45, 7) is -0.105. The molecule has 10 heteroatoms. The summed E-state index contributed by atoms with van der Waals surface area (Å²) in [5.74, 6) is -11.0. The minimum atomic E-state index is -2.28. The van der Waals surface area contributed by atoms with Crippen molar-refractivity contribution in [1.82, 2.24) is 9.97 Å². The van der Waals surface area contributed by atoms with Gasteiger partial charge in [-0.1, -0.05) is 56.4 Å². The molecular weight excluding hydrogens is 493 g/mol. The third kappa shape index (κ3) is 6.12. The minimum absolute atomic E-state index is 0.0698. The first-order valence-electron chi connectivity index (χ1n) is 12.1. The van der Waals surface area contributed by atoms with E-state index in [4.69, 9.17) is 0 Å². The van der Waals surface area contributed by atoms with E-state index < -0.39 is 47.0 Å². The van der Waals surface area contributed by atoms with Crippen LogP contribution in [0.3, 0.4) is 0 Å². The number of hydrogen-bond donors (Lipinski definition) is 2. The third-order valence-electron chi connectivity index (χ3n) is 6.69. The van der Waals surface area contributed by atoms with Crippen molar-refractivity contribution in [3.8, 4) is 11.3 Å². The fourth-order valence-corrected chi connectivity index (χ4v) is 4.59. The summed E-state index contributed by atoms with van der Waals surface area (Å²) in [5.41, 5.74) is 1.24. The van der Waals surface area contributed by atoms with Gasteiger partial charge in [-0.3, -0.25) is 4.79 Å². The van der Waals surface area contributed by atoms with Crippen LogP contribution in [0, 0.1) is 35.0 Å². The Labute approximate surface area is 210 Å². The molecule has 1 amide bonds. The van der Waals surface area contributed by atoms with E-state index in [0.717, 1.165) is 43.2 Å². The first kappa shape index (κ1) is 26.7. The zero-order chi connectivity index (χ0) is 26.5. The highest BCUT2D eigenvalue weighted by Crippen LogP contribution is 2.29. The number of amides is 1. The van der Waals surface area contributed by atoms with E-state index in [-0.39, 0.29) is 12.4 Å². The van der Waals surface area contributed by atoms with Crippen LogP contribution in [-0.4, -0.2) is 21.0 Å². The molecule has 0 unspecified atom stereocenters. The Morgan fingerprint density at radius 1 is 0.919 bits per heavy atom. The van der Waals surface area contributed by atoms with Gasteiger partial charge in [-0.05, 0) is 24.3 Å². The van der Waals surface area contributed by atoms with Crippen molar-refractivity contribution in [1.29, 1.82) is 0 Å². The molecule has 2 N–H and O–H groups in total. The van der Waals surface area contributed by atoms with E-state index in [9.17, 15) is 31.9 Å². The molecular formula is C27H26F5N3O2. The maximum absolute atomic E-state index is 14.1. The van der Waals surface area contributed by atoms with Crippen molar-refractivity contribution in [2.75, 3.05) is 5.32 Å². The molecule has 196 valence electrons. The van der Waals surface area contributed by atoms with E-state index in [1.165, 1.54) is 12.6 Å². The van der Waals surface area contributed by atoms with Crippen molar-refractivity contribution >= 4 is 11.7 Å². The van der Waals surface area contributed by atoms with Crippen LogP contribution < -0.4 is 5.32 Å². The number of carbonyl (C=O) groups excluding carboxylic acids is 1. The number of nitrogens with one attached hydrogen (secondary N) is 1. The van der Waals surface area contributed by atoms with Gasteiger partial charge in [0.25, 0.3) is 0 Å². The van der Waals surface area contributed by atoms with E-state index >= 15 is 0 Å². The summed E-state index contributed by atoms with van der Waals surface area (Å²) in [4.78, 5) is 21.6. The Morgan fingerprint density at radius 2 is 1.54 bits per heavy atom. The number of carbonyl (C=O) groups is 1. The number of aromatic nitrogens is 2. The molecule has 3 aromatic rings. The van der Waals surface area contributed by atoms with Crippen LogP contribution in [0.5, 0.6) is 0 Å². The van der Waals surface area contributed by atoms with E-state index in [2.05, 4.69) is 15.3 Å². The summed E-state index contributed by atoms with van der Waals surface area (Å²) < 4.78 is 68.5. The molecule has 1 aliphatic carbocycles. The number of anilines is 1. The lowest BCUT2D eigenvalue weighted by molar-refractivity contribution is -0.115. The van der Waals surface area contributed by atoms with Crippen LogP contribution in [0.1, 0.15) is 55.3 Å². The SMILES string of the molecule is O=C(Cc1c(F)c(F)c(F)c(F)c1F)Nc1ncc(-c2ccc(CO)cc2)nc1CCC1CCCCC1. The van der Waals surface area contributed by atoms with Crippen LogP contribution in [0.2, 0.25) is 0 Å². The molecule has 1 aliphatic rings. The second-order valence-corrected chi connectivity index (χ2v) is 9.22. The number of rotatable bonds is 8. The molecule has 0 spiro atoms. The first-order chi connectivity index (χ1) is 17.8. The lowest BCUT2D eigenvalue weighted by Crippen LogP contribution is -2.20. The van der Waals surface area contributed by atoms with Crippen LogP contribution in [0.4, 0.5) is 27.8 Å². The van der Waals surface area contributed by atoms with Crippen LogP contribution in [0.25, 0.3) is 11.3 Å². The number of aliphatic hydroxyl groups excluding tert-OH is 1. The quantitative estimate of drug-likeness (QED) is 0.217. The van der Waals surface area contributed by atoms with Gasteiger partial charge in [0, 0.05) is 11.1 Å². The lowest BCUT2D eigenvalue weighted by atomic mass is 9.86. The van der Waals surface area contributed by atoms with Crippen molar-refractivity contribution < 1.29 is 31.9 Å². The molecule has 1 fully saturated rings. The molecule has 0 radical (unpaired) electrons. The largest absolute Gasteiger partial charge is 0.392 e. The van der Waals surface area contributed by atoms with Crippen molar-refractivity contribution in [2.24, 2.45) is 5.92 Å². The van der Waals surface area contributed by atoms with Gasteiger partial charge in [-0.25, -0.2) is 31.9 Å². The second kappa shape index (κ2) is 11.8. The maximum atomic E-state index is 14.1. The average Bonchev–Trinajstić information content (AvgIpc) is 2.93. The lowest BCUT2D eigenvalue weighted by Gasteiger charge is -2.21. The molecule has 37 heavy (non-hydrogen) atoms. The third-order valence-corrected chi connectivity index (χ3v) is 6.69. The van der Waals surface area contributed by atoms with Gasteiger partial charge in [-0.2, -0.15) is 0 Å². The van der Waals surface area contributed by atoms with Gasteiger partial charge in [-0.15, -0.1) is 0 Å². The van der Waals surface area contributed by atoms with Crippen molar-refractivity contribution in [2.45, 2.75) is 58.0 Å². The predicted molar refractivity (Wildman–Crippen MR) is 127 cm³/mol. The molecule has 1 aromatic heterocycles. The highest BCUT2D eigenvalue weighted by atomic mass is 19.2. The Balaban J connectivity index is 1.58. The predicted octanol–water partition coefficient (Wildman–Crippen LogP) is 6.03. The summed E-state index contributed by atoms with van der Waals surface area (Å²) >= 11 is 0. The van der Waals surface area contributed by atoms with E-state index in [1.807, 2.05) is 0 Å². The molecule has 5 nitrogen and oxygen atoms in total. The molecule has 1 heterocycles. The smallest absolute Gasteiger partial charge is 0.230 e. The maximum Gasteiger partial charge on any atom is 0.230 e. The summed E-state index contributed by atoms with van der Waals surface area (Å²) in [5, 5.41) is 11.7. The number of halogens is 5. The summed E-state index contributed by atoms with van der Waals surface area (Å²) in [6.07, 6.45) is 7.34. The van der Waals surface area contributed by atoms with Crippen LogP contribution in [-0.2, 0) is 24.2 Å². The first-order valence-corrected chi connectivity index (χ1v) is 12.1. The normalized spacial score (nSPS) is 14.1. The van der Waals surface area contributed by atoms with Gasteiger partial charge < -0.3 is 10.4 Å². The topological polar surface area (TPSA) is 75.1 Å². The minimum Gasteiger partial charge on any atom is -0.392 e.